The molecule has 1 aliphatic rings. The number of methoxy groups -OCH3 is 2. The number of hydrogen-bond acceptors (Lipinski definition) is 4. The van der Waals surface area contributed by atoms with Gasteiger partial charge in [0.05, 0.1) is 19.9 Å². The Balaban J connectivity index is 2.16. The van der Waals surface area contributed by atoms with Gasteiger partial charge in [0.2, 0.25) is 0 Å². The van der Waals surface area contributed by atoms with Gasteiger partial charge in [-0.1, -0.05) is 0 Å². The first-order chi connectivity index (χ1) is 9.05. The van der Waals surface area contributed by atoms with Crippen LogP contribution in [0.25, 0.3) is 0 Å². The molecule has 19 heavy (non-hydrogen) atoms. The first-order valence-electron chi connectivity index (χ1n) is 6.74. The molecule has 0 aromatic heterocycles. The maximum atomic E-state index is 5.84. The summed E-state index contributed by atoms with van der Waals surface area (Å²) in [6, 6.07) is 4.47. The van der Waals surface area contributed by atoms with E-state index >= 15 is 0 Å². The standard InChI is InChI=1S/C15H24N2O2/c1-10-5-15(19-4)13(8-14(10)18-3)17(2)9-11-6-12(16)7-11/h5,8,11-12H,6-7,9,16H2,1-4H3. The van der Waals surface area contributed by atoms with E-state index in [9.17, 15) is 0 Å². The zero-order valence-electron chi connectivity index (χ0n) is 12.3. The highest BCUT2D eigenvalue weighted by atomic mass is 16.5. The normalized spacial score (nSPS) is 21.7. The Morgan fingerprint density at radius 2 is 1.84 bits per heavy atom. The summed E-state index contributed by atoms with van der Waals surface area (Å²) in [4.78, 5) is 2.23. The zero-order chi connectivity index (χ0) is 14.0. The van der Waals surface area contributed by atoms with Crippen molar-refractivity contribution in [2.45, 2.75) is 25.8 Å². The Kier molecular flexibility index (Phi) is 4.20. The summed E-state index contributed by atoms with van der Waals surface area (Å²) in [5.74, 6) is 2.48. The van der Waals surface area contributed by atoms with Crippen molar-refractivity contribution in [2.24, 2.45) is 11.7 Å². The lowest BCUT2D eigenvalue weighted by Crippen LogP contribution is -2.42. The SMILES string of the molecule is COc1cc(N(C)CC2CC(N)C2)c(OC)cc1C. The molecule has 0 spiro atoms. The lowest BCUT2D eigenvalue weighted by atomic mass is 9.80. The van der Waals surface area contributed by atoms with E-state index in [2.05, 4.69) is 11.9 Å². The van der Waals surface area contributed by atoms with Crippen LogP contribution in [0.15, 0.2) is 12.1 Å². The summed E-state index contributed by atoms with van der Waals surface area (Å²) in [5, 5.41) is 0. The van der Waals surface area contributed by atoms with Crippen molar-refractivity contribution in [1.82, 2.24) is 0 Å². The molecule has 0 heterocycles. The quantitative estimate of drug-likeness (QED) is 0.885. The van der Waals surface area contributed by atoms with Crippen LogP contribution in [-0.2, 0) is 0 Å². The molecule has 0 unspecified atom stereocenters. The van der Waals surface area contributed by atoms with Gasteiger partial charge in [0.15, 0.2) is 0 Å². The fourth-order valence-corrected chi connectivity index (χ4v) is 2.75. The molecule has 1 aliphatic carbocycles. The molecule has 4 heteroatoms. The first-order valence-corrected chi connectivity index (χ1v) is 6.74. The van der Waals surface area contributed by atoms with Crippen molar-refractivity contribution in [3.05, 3.63) is 17.7 Å². The molecule has 1 aromatic rings. The minimum Gasteiger partial charge on any atom is -0.496 e. The van der Waals surface area contributed by atoms with Crippen molar-refractivity contribution in [1.29, 1.82) is 0 Å². The molecule has 0 radical (unpaired) electrons. The number of ether oxygens (including phenoxy) is 2. The molecule has 0 saturated heterocycles. The highest BCUT2D eigenvalue weighted by Gasteiger charge is 2.27. The fourth-order valence-electron chi connectivity index (χ4n) is 2.75. The lowest BCUT2D eigenvalue weighted by Gasteiger charge is -2.36. The molecule has 0 bridgehead atoms. The van der Waals surface area contributed by atoms with Crippen molar-refractivity contribution in [3.63, 3.8) is 0 Å². The lowest BCUT2D eigenvalue weighted by molar-refractivity contribution is 0.270. The Hall–Kier alpha value is -1.42. The van der Waals surface area contributed by atoms with Gasteiger partial charge in [-0.15, -0.1) is 0 Å². The van der Waals surface area contributed by atoms with Gasteiger partial charge >= 0.3 is 0 Å². The van der Waals surface area contributed by atoms with E-state index in [4.69, 9.17) is 15.2 Å². The largest absolute Gasteiger partial charge is 0.496 e. The van der Waals surface area contributed by atoms with E-state index in [0.717, 1.165) is 42.1 Å². The molecule has 2 N–H and O–H groups in total. The van der Waals surface area contributed by atoms with Crippen molar-refractivity contribution >= 4 is 5.69 Å². The number of nitrogens with zero attached hydrogens (tertiary/aromatic N) is 1. The molecule has 0 aliphatic heterocycles. The number of nitrogens with two attached hydrogens (primary N) is 1. The number of aryl methyl sites for hydroxylation is 1. The third kappa shape index (κ3) is 2.95. The van der Waals surface area contributed by atoms with Crippen LogP contribution in [0.2, 0.25) is 0 Å². The molecule has 4 nitrogen and oxygen atoms in total. The second kappa shape index (κ2) is 5.70. The molecule has 0 amide bonds. The third-order valence-electron chi connectivity index (χ3n) is 3.91. The smallest absolute Gasteiger partial charge is 0.142 e. The van der Waals surface area contributed by atoms with Crippen LogP contribution in [0.1, 0.15) is 18.4 Å². The van der Waals surface area contributed by atoms with E-state index in [1.165, 1.54) is 0 Å². The molecule has 1 saturated carbocycles. The summed E-state index contributed by atoms with van der Waals surface area (Å²) < 4.78 is 10.9. The molecule has 0 atom stereocenters. The number of anilines is 1. The molecule has 2 rings (SSSR count). The van der Waals surface area contributed by atoms with E-state index in [-0.39, 0.29) is 0 Å². The molecule has 106 valence electrons. The number of rotatable bonds is 5. The average Bonchev–Trinajstić information content (AvgIpc) is 2.36. The van der Waals surface area contributed by atoms with E-state index in [0.29, 0.717) is 12.0 Å². The van der Waals surface area contributed by atoms with Crippen LogP contribution in [0.5, 0.6) is 11.5 Å². The van der Waals surface area contributed by atoms with Gasteiger partial charge in [-0.25, -0.2) is 0 Å². The van der Waals surface area contributed by atoms with E-state index in [1.807, 2.05) is 19.1 Å². The third-order valence-corrected chi connectivity index (χ3v) is 3.91. The summed E-state index contributed by atoms with van der Waals surface area (Å²) in [6.07, 6.45) is 2.24. The fraction of sp³-hybridized carbons (Fsp3) is 0.600. The van der Waals surface area contributed by atoms with Crippen LogP contribution in [-0.4, -0.2) is 33.9 Å². The van der Waals surface area contributed by atoms with Crippen molar-refractivity contribution in [2.75, 3.05) is 32.7 Å². The minimum absolute atomic E-state index is 0.396. The second-order valence-electron chi connectivity index (χ2n) is 5.47. The van der Waals surface area contributed by atoms with Gasteiger partial charge < -0.3 is 20.1 Å². The Morgan fingerprint density at radius 3 is 2.37 bits per heavy atom. The maximum Gasteiger partial charge on any atom is 0.142 e. The average molecular weight is 264 g/mol. The summed E-state index contributed by atoms with van der Waals surface area (Å²) in [6.45, 7) is 3.03. The van der Waals surface area contributed by atoms with Gasteiger partial charge in [0.25, 0.3) is 0 Å². The van der Waals surface area contributed by atoms with Crippen LogP contribution < -0.4 is 20.1 Å². The number of hydrogen-bond donors (Lipinski definition) is 1. The van der Waals surface area contributed by atoms with Crippen molar-refractivity contribution < 1.29 is 9.47 Å². The first kappa shape index (κ1) is 14.0. The summed E-state index contributed by atoms with van der Waals surface area (Å²) in [5.41, 5.74) is 8.00. The monoisotopic (exact) mass is 264 g/mol. The summed E-state index contributed by atoms with van der Waals surface area (Å²) in [7, 11) is 5.50. The highest BCUT2D eigenvalue weighted by Crippen LogP contribution is 2.36. The van der Waals surface area contributed by atoms with Crippen LogP contribution in [0.4, 0.5) is 5.69 Å². The van der Waals surface area contributed by atoms with Gasteiger partial charge in [-0.05, 0) is 37.3 Å². The Bertz CT molecular complexity index is 442. The van der Waals surface area contributed by atoms with E-state index in [1.54, 1.807) is 14.2 Å². The van der Waals surface area contributed by atoms with Crippen LogP contribution in [0.3, 0.4) is 0 Å². The summed E-state index contributed by atoms with van der Waals surface area (Å²) >= 11 is 0. The maximum absolute atomic E-state index is 5.84. The molecule has 1 aromatic carbocycles. The number of benzene rings is 1. The van der Waals surface area contributed by atoms with Gasteiger partial charge in [-0.2, -0.15) is 0 Å². The molecular formula is C15H24N2O2. The molecule has 1 fully saturated rings. The highest BCUT2D eigenvalue weighted by molar-refractivity contribution is 5.63. The predicted molar refractivity (Wildman–Crippen MR) is 78.3 cm³/mol. The zero-order valence-corrected chi connectivity index (χ0v) is 12.3. The van der Waals surface area contributed by atoms with Gasteiger partial charge in [-0.3, -0.25) is 0 Å². The second-order valence-corrected chi connectivity index (χ2v) is 5.47. The van der Waals surface area contributed by atoms with E-state index < -0.39 is 0 Å². The van der Waals surface area contributed by atoms with Gasteiger partial charge in [0, 0.05) is 25.7 Å². The minimum atomic E-state index is 0.396. The van der Waals surface area contributed by atoms with Crippen molar-refractivity contribution in [3.8, 4) is 11.5 Å². The predicted octanol–water partition coefficient (Wildman–Crippen LogP) is 2.19. The topological polar surface area (TPSA) is 47.7 Å². The van der Waals surface area contributed by atoms with Crippen LogP contribution in [0, 0.1) is 12.8 Å². The molecular weight excluding hydrogens is 240 g/mol. The Labute approximate surface area is 115 Å². The van der Waals surface area contributed by atoms with Gasteiger partial charge in [0.1, 0.15) is 11.5 Å². The Morgan fingerprint density at radius 1 is 1.21 bits per heavy atom. The van der Waals surface area contributed by atoms with Crippen LogP contribution >= 0.6 is 0 Å².